The molecule has 1 rings (SSSR count). The molecule has 0 radical (unpaired) electrons. The molecule has 1 atom stereocenters. The zero-order chi connectivity index (χ0) is 9.68. The highest BCUT2D eigenvalue weighted by Gasteiger charge is 2.11. The topological polar surface area (TPSA) is 46.2 Å². The normalized spacial score (nSPS) is 13.2. The molecule has 0 aliphatic carbocycles. The summed E-state index contributed by atoms with van der Waals surface area (Å²) in [5.74, 6) is 0.720. The highest BCUT2D eigenvalue weighted by atomic mass is 35.5. The lowest BCUT2D eigenvalue weighted by Crippen LogP contribution is -2.09. The Labute approximate surface area is 91.1 Å². The van der Waals surface area contributed by atoms with Crippen LogP contribution < -0.4 is 5.73 Å². The Balaban J connectivity index is 2.56. The zero-order valence-electron chi connectivity index (χ0n) is 7.07. The molecule has 0 amide bonds. The minimum atomic E-state index is 0.195. The van der Waals surface area contributed by atoms with Gasteiger partial charge in [-0.05, 0) is 12.1 Å². The Morgan fingerprint density at radius 1 is 1.62 bits per heavy atom. The van der Waals surface area contributed by atoms with Crippen molar-refractivity contribution in [3.05, 3.63) is 21.3 Å². The molecule has 0 aromatic carbocycles. The molecule has 13 heavy (non-hydrogen) atoms. The molecule has 0 bridgehead atoms. The minimum absolute atomic E-state index is 0.195. The van der Waals surface area contributed by atoms with Gasteiger partial charge in [0.15, 0.2) is 0 Å². The molecule has 0 saturated carbocycles. The summed E-state index contributed by atoms with van der Waals surface area (Å²) in [5.41, 5.74) is 5.62. The number of rotatable bonds is 5. The number of hydrogen-bond donors (Lipinski definition) is 2. The standard InChI is InChI=1S/C8H12ClNOS2/c9-8-2-1-6(13-8)7(5-10)12-4-3-11/h1-2,7,11H,3-5,10H2. The molecule has 0 aliphatic heterocycles. The monoisotopic (exact) mass is 237 g/mol. The lowest BCUT2D eigenvalue weighted by molar-refractivity contribution is 0.322. The molecular weight excluding hydrogens is 226 g/mol. The molecule has 2 nitrogen and oxygen atoms in total. The Morgan fingerprint density at radius 2 is 2.38 bits per heavy atom. The number of thiophene rings is 1. The van der Waals surface area contributed by atoms with Gasteiger partial charge in [-0.25, -0.2) is 0 Å². The molecule has 74 valence electrons. The largest absolute Gasteiger partial charge is 0.396 e. The molecule has 0 spiro atoms. The van der Waals surface area contributed by atoms with Crippen LogP contribution in [0.1, 0.15) is 10.1 Å². The van der Waals surface area contributed by atoms with Crippen LogP contribution in [0.25, 0.3) is 0 Å². The van der Waals surface area contributed by atoms with Gasteiger partial charge in [-0.15, -0.1) is 23.1 Å². The van der Waals surface area contributed by atoms with Crippen LogP contribution in [0.5, 0.6) is 0 Å². The quantitative estimate of drug-likeness (QED) is 0.825. The van der Waals surface area contributed by atoms with Gasteiger partial charge in [-0.2, -0.15) is 0 Å². The summed E-state index contributed by atoms with van der Waals surface area (Å²) in [6.45, 7) is 0.780. The van der Waals surface area contributed by atoms with Crippen molar-refractivity contribution < 1.29 is 5.11 Å². The van der Waals surface area contributed by atoms with Gasteiger partial charge >= 0.3 is 0 Å². The maximum absolute atomic E-state index is 8.68. The maximum atomic E-state index is 8.68. The Hall–Kier alpha value is 0.260. The molecular formula is C8H12ClNOS2. The number of aliphatic hydroxyl groups is 1. The third kappa shape index (κ3) is 3.48. The fraction of sp³-hybridized carbons (Fsp3) is 0.500. The smallest absolute Gasteiger partial charge is 0.0931 e. The number of thioether (sulfide) groups is 1. The predicted molar refractivity (Wildman–Crippen MR) is 60.7 cm³/mol. The first kappa shape index (κ1) is 11.3. The minimum Gasteiger partial charge on any atom is -0.396 e. The predicted octanol–water partition coefficient (Wildman–Crippen LogP) is 2.13. The van der Waals surface area contributed by atoms with Crippen molar-refractivity contribution >= 4 is 34.7 Å². The first-order chi connectivity index (χ1) is 6.27. The van der Waals surface area contributed by atoms with Crippen molar-refractivity contribution in [2.45, 2.75) is 5.25 Å². The average Bonchev–Trinajstić information content (AvgIpc) is 2.54. The summed E-state index contributed by atoms with van der Waals surface area (Å²) < 4.78 is 0.790. The summed E-state index contributed by atoms with van der Waals surface area (Å²) in [4.78, 5) is 1.19. The molecule has 5 heteroatoms. The fourth-order valence-electron chi connectivity index (χ4n) is 0.963. The Bertz CT molecular complexity index is 254. The summed E-state index contributed by atoms with van der Waals surface area (Å²) in [6.07, 6.45) is 0. The molecule has 1 heterocycles. The van der Waals surface area contributed by atoms with E-state index < -0.39 is 0 Å². The first-order valence-electron chi connectivity index (χ1n) is 3.95. The van der Waals surface area contributed by atoms with Crippen molar-refractivity contribution in [2.75, 3.05) is 18.9 Å². The summed E-state index contributed by atoms with van der Waals surface area (Å²) in [7, 11) is 0. The van der Waals surface area contributed by atoms with Crippen LogP contribution in [0.3, 0.4) is 0 Å². The van der Waals surface area contributed by atoms with Crippen LogP contribution in [0.15, 0.2) is 12.1 Å². The van der Waals surface area contributed by atoms with E-state index in [1.54, 1.807) is 23.1 Å². The van der Waals surface area contributed by atoms with Crippen molar-refractivity contribution in [1.29, 1.82) is 0 Å². The van der Waals surface area contributed by atoms with Crippen molar-refractivity contribution in [1.82, 2.24) is 0 Å². The van der Waals surface area contributed by atoms with Crippen LogP contribution in [0.2, 0.25) is 4.34 Å². The van der Waals surface area contributed by atoms with Crippen LogP contribution in [-0.2, 0) is 0 Å². The second kappa shape index (κ2) is 5.88. The zero-order valence-corrected chi connectivity index (χ0v) is 9.46. The van der Waals surface area contributed by atoms with Crippen molar-refractivity contribution in [3.8, 4) is 0 Å². The number of halogens is 1. The Morgan fingerprint density at radius 3 is 2.85 bits per heavy atom. The van der Waals surface area contributed by atoms with E-state index in [2.05, 4.69) is 0 Å². The van der Waals surface area contributed by atoms with Gasteiger partial charge < -0.3 is 10.8 Å². The number of hydrogen-bond acceptors (Lipinski definition) is 4. The second-order valence-corrected chi connectivity index (χ2v) is 5.52. The van der Waals surface area contributed by atoms with Crippen LogP contribution in [0.4, 0.5) is 0 Å². The summed E-state index contributed by atoms with van der Waals surface area (Å²) >= 11 is 9.03. The third-order valence-corrected chi connectivity index (χ3v) is 4.30. The molecule has 1 aromatic heterocycles. The van der Waals surface area contributed by atoms with E-state index in [0.29, 0.717) is 6.54 Å². The van der Waals surface area contributed by atoms with Gasteiger partial charge in [0.2, 0.25) is 0 Å². The molecule has 1 unspecified atom stereocenters. The third-order valence-electron chi connectivity index (χ3n) is 1.54. The number of aliphatic hydroxyl groups excluding tert-OH is 1. The Kier molecular flexibility index (Phi) is 5.13. The highest BCUT2D eigenvalue weighted by Crippen LogP contribution is 2.34. The van der Waals surface area contributed by atoms with E-state index in [1.165, 1.54) is 4.88 Å². The average molecular weight is 238 g/mol. The van der Waals surface area contributed by atoms with Crippen LogP contribution in [0, 0.1) is 0 Å². The number of nitrogens with two attached hydrogens (primary N) is 1. The summed E-state index contributed by atoms with van der Waals surface area (Å²) in [6, 6.07) is 3.87. The van der Waals surface area contributed by atoms with Gasteiger partial charge in [-0.1, -0.05) is 11.6 Å². The van der Waals surface area contributed by atoms with E-state index in [1.807, 2.05) is 12.1 Å². The summed E-state index contributed by atoms with van der Waals surface area (Å²) in [5, 5.41) is 8.95. The van der Waals surface area contributed by atoms with Crippen molar-refractivity contribution in [2.24, 2.45) is 5.73 Å². The van der Waals surface area contributed by atoms with E-state index in [0.717, 1.165) is 10.1 Å². The van der Waals surface area contributed by atoms with E-state index in [-0.39, 0.29) is 11.9 Å². The SMILES string of the molecule is NCC(SCCO)c1ccc(Cl)s1. The van der Waals surface area contributed by atoms with Crippen LogP contribution in [-0.4, -0.2) is 24.0 Å². The molecule has 0 fully saturated rings. The molecule has 0 saturated heterocycles. The van der Waals surface area contributed by atoms with Gasteiger partial charge in [0, 0.05) is 17.2 Å². The van der Waals surface area contributed by atoms with Gasteiger partial charge in [0.25, 0.3) is 0 Å². The van der Waals surface area contributed by atoms with Crippen molar-refractivity contribution in [3.63, 3.8) is 0 Å². The molecule has 1 aromatic rings. The van der Waals surface area contributed by atoms with Gasteiger partial charge in [0.1, 0.15) is 0 Å². The highest BCUT2D eigenvalue weighted by molar-refractivity contribution is 7.99. The van der Waals surface area contributed by atoms with Crippen LogP contribution >= 0.6 is 34.7 Å². The second-order valence-electron chi connectivity index (χ2n) is 2.46. The van der Waals surface area contributed by atoms with Gasteiger partial charge in [-0.3, -0.25) is 0 Å². The molecule has 3 N–H and O–H groups in total. The lowest BCUT2D eigenvalue weighted by Gasteiger charge is -2.10. The van der Waals surface area contributed by atoms with E-state index >= 15 is 0 Å². The fourth-order valence-corrected chi connectivity index (χ4v) is 3.14. The first-order valence-corrected chi connectivity index (χ1v) is 6.20. The van der Waals surface area contributed by atoms with E-state index in [4.69, 9.17) is 22.4 Å². The maximum Gasteiger partial charge on any atom is 0.0931 e. The van der Waals surface area contributed by atoms with Gasteiger partial charge in [0.05, 0.1) is 16.2 Å². The van der Waals surface area contributed by atoms with E-state index in [9.17, 15) is 0 Å². The lowest BCUT2D eigenvalue weighted by atomic mass is 10.3. The molecule has 0 aliphatic rings.